The van der Waals surface area contributed by atoms with Crippen LogP contribution in [0.1, 0.15) is 0 Å². The van der Waals surface area contributed by atoms with E-state index in [0.717, 1.165) is 5.69 Å². The molecule has 0 bridgehead atoms. The molecule has 21 heavy (non-hydrogen) atoms. The number of halogens is 1. The average molecular weight is 326 g/mol. The van der Waals surface area contributed by atoms with Crippen LogP contribution in [0.3, 0.4) is 0 Å². The second kappa shape index (κ2) is 5.06. The van der Waals surface area contributed by atoms with E-state index in [1.54, 1.807) is 18.2 Å². The Labute approximate surface area is 128 Å². The highest BCUT2D eigenvalue weighted by molar-refractivity contribution is 7.91. The van der Waals surface area contributed by atoms with E-state index in [-0.39, 0.29) is 29.4 Å². The fourth-order valence-corrected chi connectivity index (χ4v) is 5.43. The van der Waals surface area contributed by atoms with Crippen LogP contribution in [-0.4, -0.2) is 48.6 Å². The SMILES string of the molecule is C=CCN1C(=S)N(c2ccc(F)cc2)[C@H]2CS(=O)(=O)C[C@@H]21. The van der Waals surface area contributed by atoms with Gasteiger partial charge < -0.3 is 9.80 Å². The van der Waals surface area contributed by atoms with E-state index >= 15 is 0 Å². The zero-order valence-corrected chi connectivity index (χ0v) is 12.9. The molecular formula is C14H15FN2O2S2. The normalized spacial score (nSPS) is 27.0. The van der Waals surface area contributed by atoms with Gasteiger partial charge in [0.2, 0.25) is 0 Å². The maximum Gasteiger partial charge on any atom is 0.177 e. The molecule has 0 N–H and O–H groups in total. The van der Waals surface area contributed by atoms with Crippen LogP contribution >= 0.6 is 12.2 Å². The minimum absolute atomic E-state index is 0.0722. The van der Waals surface area contributed by atoms with Gasteiger partial charge in [0.1, 0.15) is 5.82 Å². The molecule has 1 aromatic rings. The van der Waals surface area contributed by atoms with E-state index in [0.29, 0.717) is 11.7 Å². The molecular weight excluding hydrogens is 311 g/mol. The van der Waals surface area contributed by atoms with Crippen molar-refractivity contribution in [2.75, 3.05) is 23.0 Å². The van der Waals surface area contributed by atoms with Gasteiger partial charge in [0.15, 0.2) is 14.9 Å². The van der Waals surface area contributed by atoms with E-state index in [2.05, 4.69) is 6.58 Å². The molecule has 0 aromatic heterocycles. The van der Waals surface area contributed by atoms with Crippen molar-refractivity contribution >= 4 is 32.9 Å². The topological polar surface area (TPSA) is 40.6 Å². The number of thiocarbonyl (C=S) groups is 1. The van der Waals surface area contributed by atoms with Crippen LogP contribution in [0.4, 0.5) is 10.1 Å². The second-order valence-electron chi connectivity index (χ2n) is 5.28. The van der Waals surface area contributed by atoms with Crippen molar-refractivity contribution in [1.29, 1.82) is 0 Å². The molecule has 2 aliphatic heterocycles. The first kappa shape index (κ1) is 14.5. The molecule has 0 unspecified atom stereocenters. The van der Waals surface area contributed by atoms with Crippen molar-refractivity contribution in [2.45, 2.75) is 12.1 Å². The molecule has 1 aromatic carbocycles. The summed E-state index contributed by atoms with van der Waals surface area (Å²) in [5, 5.41) is 0.575. The molecule has 7 heteroatoms. The molecule has 0 saturated carbocycles. The first-order valence-corrected chi connectivity index (χ1v) is 8.82. The Morgan fingerprint density at radius 2 is 1.90 bits per heavy atom. The van der Waals surface area contributed by atoms with Crippen LogP contribution in [0, 0.1) is 5.82 Å². The van der Waals surface area contributed by atoms with E-state index < -0.39 is 9.84 Å². The minimum Gasteiger partial charge on any atom is -0.339 e. The third kappa shape index (κ3) is 2.44. The summed E-state index contributed by atoms with van der Waals surface area (Å²) < 4.78 is 37.0. The predicted octanol–water partition coefficient (Wildman–Crippen LogP) is 1.58. The van der Waals surface area contributed by atoms with Crippen molar-refractivity contribution in [1.82, 2.24) is 4.90 Å². The monoisotopic (exact) mass is 326 g/mol. The smallest absolute Gasteiger partial charge is 0.177 e. The van der Waals surface area contributed by atoms with Crippen molar-refractivity contribution < 1.29 is 12.8 Å². The summed E-state index contributed by atoms with van der Waals surface area (Å²) in [5.41, 5.74) is 0.722. The van der Waals surface area contributed by atoms with Crippen LogP contribution in [0.2, 0.25) is 0 Å². The highest BCUT2D eigenvalue weighted by Gasteiger charge is 2.51. The molecule has 2 heterocycles. The number of hydrogen-bond donors (Lipinski definition) is 0. The lowest BCUT2D eigenvalue weighted by Gasteiger charge is -2.24. The van der Waals surface area contributed by atoms with E-state index in [9.17, 15) is 12.8 Å². The maximum absolute atomic E-state index is 13.1. The standard InChI is InChI=1S/C14H15FN2O2S2/c1-2-7-16-12-8-21(18,19)9-13(12)17(14(16)20)11-5-3-10(15)4-6-11/h2-6,12-13H,1,7-9H2/t12-,13-/m0/s1. The zero-order chi connectivity index (χ0) is 15.2. The molecule has 3 rings (SSSR count). The summed E-state index contributed by atoms with van der Waals surface area (Å²) in [6.45, 7) is 4.21. The van der Waals surface area contributed by atoms with Gasteiger partial charge in [0.25, 0.3) is 0 Å². The number of anilines is 1. The molecule has 0 spiro atoms. The minimum atomic E-state index is -3.08. The van der Waals surface area contributed by atoms with Gasteiger partial charge in [0, 0.05) is 12.2 Å². The van der Waals surface area contributed by atoms with E-state index in [1.807, 2.05) is 9.80 Å². The fourth-order valence-electron chi connectivity index (χ4n) is 3.03. The lowest BCUT2D eigenvalue weighted by atomic mass is 10.1. The zero-order valence-electron chi connectivity index (χ0n) is 11.3. The van der Waals surface area contributed by atoms with Crippen LogP contribution < -0.4 is 4.90 Å². The Bertz CT molecular complexity index is 687. The molecule has 0 amide bonds. The average Bonchev–Trinajstić information content (AvgIpc) is 2.84. The Kier molecular flexibility index (Phi) is 3.49. The Hall–Kier alpha value is -1.47. The van der Waals surface area contributed by atoms with Gasteiger partial charge in [-0.05, 0) is 36.5 Å². The van der Waals surface area contributed by atoms with Crippen LogP contribution in [0.15, 0.2) is 36.9 Å². The Morgan fingerprint density at radius 1 is 1.29 bits per heavy atom. The van der Waals surface area contributed by atoms with Gasteiger partial charge in [-0.25, -0.2) is 12.8 Å². The lowest BCUT2D eigenvalue weighted by molar-refractivity contribution is 0.389. The van der Waals surface area contributed by atoms with Crippen LogP contribution in [-0.2, 0) is 9.84 Å². The molecule has 112 valence electrons. The van der Waals surface area contributed by atoms with Crippen LogP contribution in [0.25, 0.3) is 0 Å². The van der Waals surface area contributed by atoms with Gasteiger partial charge >= 0.3 is 0 Å². The number of hydrogen-bond acceptors (Lipinski definition) is 3. The summed E-state index contributed by atoms with van der Waals surface area (Å²) in [4.78, 5) is 3.72. The summed E-state index contributed by atoms with van der Waals surface area (Å²) in [6.07, 6.45) is 1.71. The summed E-state index contributed by atoms with van der Waals surface area (Å²) in [6, 6.07) is 5.58. The van der Waals surface area contributed by atoms with Crippen molar-refractivity contribution in [3.05, 3.63) is 42.7 Å². The molecule has 0 radical (unpaired) electrons. The van der Waals surface area contributed by atoms with Crippen LogP contribution in [0.5, 0.6) is 0 Å². The lowest BCUT2D eigenvalue weighted by Crippen LogP contribution is -2.37. The number of rotatable bonds is 3. The molecule has 0 aliphatic carbocycles. The van der Waals surface area contributed by atoms with Gasteiger partial charge in [-0.15, -0.1) is 6.58 Å². The predicted molar refractivity (Wildman–Crippen MR) is 84.6 cm³/mol. The summed E-state index contributed by atoms with van der Waals surface area (Å²) in [5.74, 6) is -0.158. The van der Waals surface area contributed by atoms with Gasteiger partial charge in [-0.1, -0.05) is 6.08 Å². The maximum atomic E-state index is 13.1. The van der Waals surface area contributed by atoms with Gasteiger partial charge in [-0.3, -0.25) is 0 Å². The molecule has 2 saturated heterocycles. The second-order valence-corrected chi connectivity index (χ2v) is 7.80. The summed E-state index contributed by atoms with van der Waals surface area (Å²) in [7, 11) is -3.08. The van der Waals surface area contributed by atoms with E-state index in [4.69, 9.17) is 12.2 Å². The van der Waals surface area contributed by atoms with Crippen molar-refractivity contribution in [3.8, 4) is 0 Å². The Morgan fingerprint density at radius 3 is 2.52 bits per heavy atom. The Balaban J connectivity index is 2.01. The number of benzene rings is 1. The molecule has 2 aliphatic rings. The van der Waals surface area contributed by atoms with Gasteiger partial charge in [0.05, 0.1) is 23.6 Å². The largest absolute Gasteiger partial charge is 0.339 e. The quantitative estimate of drug-likeness (QED) is 0.623. The fraction of sp³-hybridized carbons (Fsp3) is 0.357. The summed E-state index contributed by atoms with van der Waals surface area (Å²) >= 11 is 5.49. The molecule has 2 atom stereocenters. The third-order valence-corrected chi connectivity index (χ3v) is 6.04. The van der Waals surface area contributed by atoms with Gasteiger partial charge in [-0.2, -0.15) is 0 Å². The molecule has 2 fully saturated rings. The first-order chi connectivity index (χ1) is 9.93. The third-order valence-electron chi connectivity index (χ3n) is 3.91. The first-order valence-electron chi connectivity index (χ1n) is 6.59. The van der Waals surface area contributed by atoms with Crippen molar-refractivity contribution in [3.63, 3.8) is 0 Å². The number of sulfone groups is 1. The van der Waals surface area contributed by atoms with Crippen molar-refractivity contribution in [2.24, 2.45) is 0 Å². The van der Waals surface area contributed by atoms with E-state index in [1.165, 1.54) is 12.1 Å². The highest BCUT2D eigenvalue weighted by atomic mass is 32.2. The number of nitrogens with zero attached hydrogens (tertiary/aromatic N) is 2. The highest BCUT2D eigenvalue weighted by Crippen LogP contribution is 2.35. The molecule has 4 nitrogen and oxygen atoms in total. The number of fused-ring (bicyclic) bond motifs is 1.